The summed E-state index contributed by atoms with van der Waals surface area (Å²) in [6.45, 7) is 0.919. The average molecular weight is 324 g/mol. The van der Waals surface area contributed by atoms with Crippen LogP contribution in [0.3, 0.4) is 0 Å². The number of sulfonamides is 1. The van der Waals surface area contributed by atoms with E-state index in [0.29, 0.717) is 0 Å². The summed E-state index contributed by atoms with van der Waals surface area (Å²) < 4.78 is 75.4. The van der Waals surface area contributed by atoms with Crippen LogP contribution in [-0.4, -0.2) is 31.5 Å². The Morgan fingerprint density at radius 2 is 1.90 bits per heavy atom. The fourth-order valence-corrected chi connectivity index (χ4v) is 3.26. The van der Waals surface area contributed by atoms with Crippen LogP contribution in [0.2, 0.25) is 0 Å². The zero-order chi connectivity index (χ0) is 16.4. The van der Waals surface area contributed by atoms with E-state index in [4.69, 9.17) is 5.26 Å². The van der Waals surface area contributed by atoms with E-state index in [0.717, 1.165) is 18.2 Å². The van der Waals surface area contributed by atoms with Crippen molar-refractivity contribution < 1.29 is 26.0 Å². The molecule has 0 aliphatic heterocycles. The highest BCUT2D eigenvalue weighted by Crippen LogP contribution is 2.25. The molecule has 0 amide bonds. The molecule has 0 heterocycles. The van der Waals surface area contributed by atoms with Crippen molar-refractivity contribution in [3.63, 3.8) is 0 Å². The fourth-order valence-electron chi connectivity index (χ4n) is 1.61. The van der Waals surface area contributed by atoms with Crippen molar-refractivity contribution in [1.82, 2.24) is 4.31 Å². The molecule has 0 atom stereocenters. The second-order valence-corrected chi connectivity index (χ2v) is 6.40. The Morgan fingerprint density at radius 3 is 2.33 bits per heavy atom. The van der Waals surface area contributed by atoms with Crippen LogP contribution in [0, 0.1) is 17.1 Å². The number of nitrogens with zero attached hydrogens (tertiary/aromatic N) is 2. The van der Waals surface area contributed by atoms with Crippen LogP contribution < -0.4 is 0 Å². The maximum Gasteiger partial charge on any atom is 0.402 e. The lowest BCUT2D eigenvalue weighted by Crippen LogP contribution is -2.43. The van der Waals surface area contributed by atoms with Crippen molar-refractivity contribution in [3.05, 3.63) is 29.6 Å². The molecule has 0 fully saturated rings. The molecule has 9 heteroatoms. The lowest BCUT2D eigenvalue weighted by atomic mass is 10.2. The van der Waals surface area contributed by atoms with Crippen LogP contribution in [0.1, 0.15) is 19.4 Å². The lowest BCUT2D eigenvalue weighted by molar-refractivity contribution is -0.138. The van der Waals surface area contributed by atoms with E-state index in [1.165, 1.54) is 19.9 Å². The van der Waals surface area contributed by atoms with E-state index in [2.05, 4.69) is 0 Å². The topological polar surface area (TPSA) is 61.2 Å². The van der Waals surface area contributed by atoms with Crippen molar-refractivity contribution >= 4 is 10.0 Å². The van der Waals surface area contributed by atoms with Gasteiger partial charge in [0.1, 0.15) is 18.4 Å². The van der Waals surface area contributed by atoms with E-state index in [9.17, 15) is 26.0 Å². The molecule has 1 rings (SSSR count). The highest BCUT2D eigenvalue weighted by Gasteiger charge is 2.38. The molecule has 116 valence electrons. The van der Waals surface area contributed by atoms with Gasteiger partial charge in [-0.1, -0.05) is 0 Å². The van der Waals surface area contributed by atoms with E-state index in [1.54, 1.807) is 0 Å². The molecule has 0 unspecified atom stereocenters. The number of hydrogen-bond acceptors (Lipinski definition) is 3. The standard InChI is InChI=1S/C12H12F4N2O2S/c1-8(2)18(7-12(14,15)16)21(19,20)10-3-4-11(13)9(5-10)6-17/h3-5,8H,7H2,1-2H3. The van der Waals surface area contributed by atoms with Gasteiger partial charge in [-0.3, -0.25) is 0 Å². The number of halogens is 4. The van der Waals surface area contributed by atoms with Crippen LogP contribution in [0.5, 0.6) is 0 Å². The molecule has 0 saturated carbocycles. The molecule has 0 spiro atoms. The van der Waals surface area contributed by atoms with Gasteiger partial charge in [-0.05, 0) is 32.0 Å². The second-order valence-electron chi connectivity index (χ2n) is 4.51. The predicted octanol–water partition coefficient (Wildman–Crippen LogP) is 2.66. The maximum absolute atomic E-state index is 13.2. The Kier molecular flexibility index (Phi) is 4.96. The summed E-state index contributed by atoms with van der Waals surface area (Å²) in [5.41, 5.74) is -0.549. The summed E-state index contributed by atoms with van der Waals surface area (Å²) in [4.78, 5) is -0.557. The molecule has 1 aromatic carbocycles. The third kappa shape index (κ3) is 4.15. The maximum atomic E-state index is 13.2. The van der Waals surface area contributed by atoms with Crippen LogP contribution in [0.25, 0.3) is 0 Å². The van der Waals surface area contributed by atoms with Gasteiger partial charge in [0.05, 0.1) is 10.5 Å². The fraction of sp³-hybridized carbons (Fsp3) is 0.417. The highest BCUT2D eigenvalue weighted by atomic mass is 32.2. The largest absolute Gasteiger partial charge is 0.402 e. The second kappa shape index (κ2) is 5.99. The van der Waals surface area contributed by atoms with E-state index >= 15 is 0 Å². The summed E-state index contributed by atoms with van der Waals surface area (Å²) in [5.74, 6) is -0.941. The van der Waals surface area contributed by atoms with Crippen molar-refractivity contribution in [2.75, 3.05) is 6.54 Å². The summed E-state index contributed by atoms with van der Waals surface area (Å²) >= 11 is 0. The van der Waals surface area contributed by atoms with E-state index < -0.39 is 45.1 Å². The quantitative estimate of drug-likeness (QED) is 0.800. The first-order chi connectivity index (χ1) is 9.49. The lowest BCUT2D eigenvalue weighted by Gasteiger charge is -2.26. The third-order valence-electron chi connectivity index (χ3n) is 2.58. The highest BCUT2D eigenvalue weighted by molar-refractivity contribution is 7.89. The third-order valence-corrected chi connectivity index (χ3v) is 4.59. The Hall–Kier alpha value is -1.66. The van der Waals surface area contributed by atoms with Gasteiger partial charge in [-0.25, -0.2) is 12.8 Å². The molecule has 4 nitrogen and oxygen atoms in total. The van der Waals surface area contributed by atoms with Crippen molar-refractivity contribution in [2.45, 2.75) is 31.0 Å². The van der Waals surface area contributed by atoms with Crippen LogP contribution in [-0.2, 0) is 10.0 Å². The molecule has 0 aromatic heterocycles. The van der Waals surface area contributed by atoms with Crippen molar-refractivity contribution in [3.8, 4) is 6.07 Å². The first kappa shape index (κ1) is 17.4. The van der Waals surface area contributed by atoms with Crippen LogP contribution in [0.15, 0.2) is 23.1 Å². The van der Waals surface area contributed by atoms with Gasteiger partial charge in [-0.15, -0.1) is 0 Å². The summed E-state index contributed by atoms with van der Waals surface area (Å²) in [6.07, 6.45) is -4.71. The minimum Gasteiger partial charge on any atom is -0.207 e. The number of benzene rings is 1. The number of alkyl halides is 3. The molecule has 0 saturated heterocycles. The van der Waals surface area contributed by atoms with Crippen molar-refractivity contribution in [1.29, 1.82) is 5.26 Å². The normalized spacial score (nSPS) is 12.7. The zero-order valence-electron chi connectivity index (χ0n) is 11.1. The predicted molar refractivity (Wildman–Crippen MR) is 66.2 cm³/mol. The van der Waals surface area contributed by atoms with Gasteiger partial charge < -0.3 is 0 Å². The monoisotopic (exact) mass is 324 g/mol. The van der Waals surface area contributed by atoms with Gasteiger partial charge in [0, 0.05) is 6.04 Å². The molecule has 21 heavy (non-hydrogen) atoms. The Morgan fingerprint density at radius 1 is 1.33 bits per heavy atom. The van der Waals surface area contributed by atoms with Crippen LogP contribution >= 0.6 is 0 Å². The van der Waals surface area contributed by atoms with Crippen LogP contribution in [0.4, 0.5) is 17.6 Å². The summed E-state index contributed by atoms with van der Waals surface area (Å²) in [5, 5.41) is 8.66. The Labute approximate surface area is 119 Å². The number of hydrogen-bond donors (Lipinski definition) is 0. The molecule has 0 radical (unpaired) electrons. The van der Waals surface area contributed by atoms with Gasteiger partial charge in [0.2, 0.25) is 10.0 Å². The van der Waals surface area contributed by atoms with Gasteiger partial charge >= 0.3 is 6.18 Å². The SMILES string of the molecule is CC(C)N(CC(F)(F)F)S(=O)(=O)c1ccc(F)c(C#N)c1. The Bertz CT molecular complexity index is 663. The Balaban J connectivity index is 3.34. The number of nitriles is 1. The zero-order valence-corrected chi connectivity index (χ0v) is 12.0. The number of rotatable bonds is 4. The average Bonchev–Trinajstić information content (AvgIpc) is 2.34. The van der Waals surface area contributed by atoms with Gasteiger partial charge in [0.25, 0.3) is 0 Å². The van der Waals surface area contributed by atoms with E-state index in [1.807, 2.05) is 0 Å². The van der Waals surface area contributed by atoms with Crippen molar-refractivity contribution in [2.24, 2.45) is 0 Å². The first-order valence-electron chi connectivity index (χ1n) is 5.77. The molecule has 0 aliphatic carbocycles. The minimum absolute atomic E-state index is 0.251. The minimum atomic E-state index is -4.71. The van der Waals surface area contributed by atoms with Gasteiger partial charge in [0.15, 0.2) is 0 Å². The molecule has 1 aromatic rings. The van der Waals surface area contributed by atoms with Gasteiger partial charge in [-0.2, -0.15) is 22.7 Å². The molecule has 0 bridgehead atoms. The summed E-state index contributed by atoms with van der Waals surface area (Å²) in [6, 6.07) is 2.78. The molecule has 0 aliphatic rings. The first-order valence-corrected chi connectivity index (χ1v) is 7.21. The van der Waals surface area contributed by atoms with E-state index in [-0.39, 0.29) is 4.31 Å². The summed E-state index contributed by atoms with van der Waals surface area (Å²) in [7, 11) is -4.49. The molecular weight excluding hydrogens is 312 g/mol. The molecule has 0 N–H and O–H groups in total. The molecular formula is C12H12F4N2O2S. The smallest absolute Gasteiger partial charge is 0.207 e.